The lowest BCUT2D eigenvalue weighted by Crippen LogP contribution is -2.41. The van der Waals surface area contributed by atoms with Crippen LogP contribution in [-0.2, 0) is 9.53 Å². The molecular formula is C27H25BrN2O5. The van der Waals surface area contributed by atoms with Gasteiger partial charge in [-0.2, -0.15) is 0 Å². The van der Waals surface area contributed by atoms with E-state index >= 15 is 0 Å². The zero-order valence-electron chi connectivity index (χ0n) is 19.1. The first-order valence-electron chi connectivity index (χ1n) is 11.3. The number of carboxylic acid groups (broad SMARTS) is 1. The Morgan fingerprint density at radius 2 is 1.63 bits per heavy atom. The number of rotatable bonds is 8. The van der Waals surface area contributed by atoms with Gasteiger partial charge in [0.25, 0.3) is 5.91 Å². The summed E-state index contributed by atoms with van der Waals surface area (Å²) < 4.78 is 6.23. The molecule has 0 saturated heterocycles. The number of hydrogen-bond acceptors (Lipinski definition) is 4. The number of carboxylic acids is 1. The average molecular weight is 537 g/mol. The van der Waals surface area contributed by atoms with Gasteiger partial charge in [-0.1, -0.05) is 77.8 Å². The van der Waals surface area contributed by atoms with Crippen molar-refractivity contribution in [2.45, 2.75) is 31.7 Å². The monoisotopic (exact) mass is 536 g/mol. The average Bonchev–Trinajstić information content (AvgIpc) is 3.16. The molecule has 0 aromatic heterocycles. The molecule has 0 bridgehead atoms. The van der Waals surface area contributed by atoms with E-state index in [9.17, 15) is 19.5 Å². The highest BCUT2D eigenvalue weighted by Crippen LogP contribution is 2.44. The van der Waals surface area contributed by atoms with Gasteiger partial charge in [0.15, 0.2) is 0 Å². The second kappa shape index (κ2) is 10.7. The Labute approximate surface area is 211 Å². The van der Waals surface area contributed by atoms with Gasteiger partial charge < -0.3 is 15.2 Å². The molecule has 1 aliphatic carbocycles. The maximum Gasteiger partial charge on any atom is 0.411 e. The van der Waals surface area contributed by atoms with Gasteiger partial charge in [0.1, 0.15) is 12.6 Å². The molecule has 8 heteroatoms. The van der Waals surface area contributed by atoms with E-state index < -0.39 is 24.0 Å². The first-order valence-corrected chi connectivity index (χ1v) is 12.1. The van der Waals surface area contributed by atoms with Crippen LogP contribution in [0.2, 0.25) is 0 Å². The summed E-state index contributed by atoms with van der Waals surface area (Å²) in [6.45, 7) is 1.97. The molecule has 180 valence electrons. The van der Waals surface area contributed by atoms with Gasteiger partial charge >= 0.3 is 12.1 Å². The molecule has 0 spiro atoms. The Kier molecular flexibility index (Phi) is 7.51. The van der Waals surface area contributed by atoms with Gasteiger partial charge in [0, 0.05) is 10.4 Å². The van der Waals surface area contributed by atoms with Crippen molar-refractivity contribution in [3.63, 3.8) is 0 Å². The fourth-order valence-corrected chi connectivity index (χ4v) is 4.71. The first-order chi connectivity index (χ1) is 16.9. The summed E-state index contributed by atoms with van der Waals surface area (Å²) in [5.74, 6) is -1.79. The third kappa shape index (κ3) is 5.38. The fourth-order valence-electron chi connectivity index (χ4n) is 4.34. The van der Waals surface area contributed by atoms with E-state index in [1.165, 1.54) is 6.07 Å². The largest absolute Gasteiger partial charge is 0.480 e. The van der Waals surface area contributed by atoms with Gasteiger partial charge in [-0.25, -0.2) is 9.59 Å². The zero-order chi connectivity index (χ0) is 24.9. The van der Waals surface area contributed by atoms with Crippen LogP contribution in [0.15, 0.2) is 71.2 Å². The minimum atomic E-state index is -1.11. The number of fused-ring (bicyclic) bond motifs is 3. The summed E-state index contributed by atoms with van der Waals surface area (Å²) >= 11 is 3.35. The van der Waals surface area contributed by atoms with Crippen LogP contribution in [0.4, 0.5) is 10.5 Å². The fraction of sp³-hybridized carbons (Fsp3) is 0.222. The van der Waals surface area contributed by atoms with Gasteiger partial charge in [-0.3, -0.25) is 10.1 Å². The molecule has 0 radical (unpaired) electrons. The van der Waals surface area contributed by atoms with Crippen molar-refractivity contribution in [3.05, 3.63) is 87.9 Å². The Morgan fingerprint density at radius 1 is 1.00 bits per heavy atom. The van der Waals surface area contributed by atoms with Crippen LogP contribution in [0.5, 0.6) is 0 Å². The van der Waals surface area contributed by atoms with E-state index in [0.29, 0.717) is 17.3 Å². The maximum atomic E-state index is 12.8. The maximum absolute atomic E-state index is 12.8. The van der Waals surface area contributed by atoms with Crippen LogP contribution in [0.1, 0.15) is 47.2 Å². The number of aliphatic carboxylic acids is 1. The van der Waals surface area contributed by atoms with E-state index in [1.54, 1.807) is 12.1 Å². The Bertz CT molecular complexity index is 1230. The molecule has 4 rings (SSSR count). The van der Waals surface area contributed by atoms with Crippen molar-refractivity contribution in [3.8, 4) is 11.1 Å². The molecule has 1 aliphatic rings. The van der Waals surface area contributed by atoms with Crippen LogP contribution in [0.25, 0.3) is 11.1 Å². The second-order valence-electron chi connectivity index (χ2n) is 8.29. The molecule has 0 heterocycles. The van der Waals surface area contributed by atoms with Gasteiger partial charge in [-0.05, 0) is 46.9 Å². The number of carbonyl (C=O) groups is 3. The van der Waals surface area contributed by atoms with Gasteiger partial charge in [0.05, 0.1) is 11.3 Å². The Morgan fingerprint density at radius 3 is 2.23 bits per heavy atom. The number of ether oxygens (including phenoxy) is 1. The summed E-state index contributed by atoms with van der Waals surface area (Å²) in [6, 6.07) is 19.8. The minimum absolute atomic E-state index is 0.0937. The molecule has 0 saturated carbocycles. The zero-order valence-corrected chi connectivity index (χ0v) is 20.7. The van der Waals surface area contributed by atoms with Crippen LogP contribution in [0, 0.1) is 0 Å². The predicted octanol–water partition coefficient (Wildman–Crippen LogP) is 5.79. The van der Waals surface area contributed by atoms with Crippen LogP contribution in [0.3, 0.4) is 0 Å². The lowest BCUT2D eigenvalue weighted by molar-refractivity contribution is -0.139. The number of nitrogens with one attached hydrogen (secondary N) is 2. The van der Waals surface area contributed by atoms with E-state index in [4.69, 9.17) is 4.74 Å². The second-order valence-corrected chi connectivity index (χ2v) is 9.21. The lowest BCUT2D eigenvalue weighted by Gasteiger charge is -2.17. The number of carbonyl (C=O) groups excluding carboxylic acids is 2. The molecule has 0 fully saturated rings. The molecule has 2 amide bonds. The number of anilines is 1. The third-order valence-corrected chi connectivity index (χ3v) is 6.48. The molecule has 35 heavy (non-hydrogen) atoms. The quantitative estimate of drug-likeness (QED) is 0.337. The highest BCUT2D eigenvalue weighted by Gasteiger charge is 2.29. The van der Waals surface area contributed by atoms with Crippen LogP contribution >= 0.6 is 15.9 Å². The van der Waals surface area contributed by atoms with E-state index in [1.807, 2.05) is 43.3 Å². The van der Waals surface area contributed by atoms with Crippen molar-refractivity contribution in [1.82, 2.24) is 5.32 Å². The molecule has 7 nitrogen and oxygen atoms in total. The molecule has 3 N–H and O–H groups in total. The van der Waals surface area contributed by atoms with Crippen LogP contribution in [-0.4, -0.2) is 35.7 Å². The minimum Gasteiger partial charge on any atom is -0.480 e. The third-order valence-electron chi connectivity index (χ3n) is 5.99. The van der Waals surface area contributed by atoms with Crippen molar-refractivity contribution < 1.29 is 24.2 Å². The summed E-state index contributed by atoms with van der Waals surface area (Å²) in [7, 11) is 0. The summed E-state index contributed by atoms with van der Waals surface area (Å²) in [6.07, 6.45) is 0.192. The first kappa shape index (κ1) is 24.5. The standard InChI is InChI=1S/C27H25BrN2O5/c1-2-7-23(26(32)33)29-25(31)21-13-12-16(28)14-24(21)30-27(34)35-15-22-19-10-5-3-8-17(19)18-9-4-6-11-20(18)22/h3-6,8-14,22-23H,2,7,15H2,1H3,(H,29,31)(H,30,34)(H,32,33)/t23-/m0/s1. The van der Waals surface area contributed by atoms with Crippen molar-refractivity contribution >= 4 is 39.6 Å². The SMILES string of the molecule is CCC[C@H](NC(=O)c1ccc(Br)cc1NC(=O)OCC1c2ccccc2-c2ccccc21)C(=O)O. The molecule has 0 aliphatic heterocycles. The number of amides is 2. The number of hydrogen-bond donors (Lipinski definition) is 3. The smallest absolute Gasteiger partial charge is 0.411 e. The van der Waals surface area contributed by atoms with E-state index in [2.05, 4.69) is 38.7 Å². The van der Waals surface area contributed by atoms with Gasteiger partial charge in [-0.15, -0.1) is 0 Å². The molecular weight excluding hydrogens is 512 g/mol. The van der Waals surface area contributed by atoms with Crippen LogP contribution < -0.4 is 10.6 Å². The van der Waals surface area contributed by atoms with Gasteiger partial charge in [0.2, 0.25) is 0 Å². The molecule has 3 aromatic rings. The number of halogens is 1. The summed E-state index contributed by atoms with van der Waals surface area (Å²) in [5.41, 5.74) is 4.81. The lowest BCUT2D eigenvalue weighted by atomic mass is 9.98. The highest BCUT2D eigenvalue weighted by atomic mass is 79.9. The van der Waals surface area contributed by atoms with Crippen molar-refractivity contribution in [1.29, 1.82) is 0 Å². The Hall–Kier alpha value is -3.65. The summed E-state index contributed by atoms with van der Waals surface area (Å²) in [4.78, 5) is 37.0. The topological polar surface area (TPSA) is 105 Å². The predicted molar refractivity (Wildman–Crippen MR) is 137 cm³/mol. The number of benzene rings is 3. The van der Waals surface area contributed by atoms with E-state index in [0.717, 1.165) is 22.3 Å². The van der Waals surface area contributed by atoms with E-state index in [-0.39, 0.29) is 23.8 Å². The molecule has 1 atom stereocenters. The molecule has 3 aromatic carbocycles. The van der Waals surface area contributed by atoms with Crippen molar-refractivity contribution in [2.75, 3.05) is 11.9 Å². The molecule has 0 unspecified atom stereocenters. The Balaban J connectivity index is 1.48. The normalized spacial score (nSPS) is 12.9. The summed E-state index contributed by atoms with van der Waals surface area (Å²) in [5, 5.41) is 14.5. The van der Waals surface area contributed by atoms with Crippen molar-refractivity contribution in [2.24, 2.45) is 0 Å². The highest BCUT2D eigenvalue weighted by molar-refractivity contribution is 9.10.